The fourth-order valence-electron chi connectivity index (χ4n) is 1.77. The summed E-state index contributed by atoms with van der Waals surface area (Å²) in [6.07, 6.45) is 1.76. The molecule has 13 heavy (non-hydrogen) atoms. The molecule has 70 valence electrons. The number of aliphatic carboxylic acids is 1. The van der Waals surface area contributed by atoms with Crippen LogP contribution in [0.3, 0.4) is 0 Å². The second-order valence-corrected chi connectivity index (χ2v) is 4.12. The third-order valence-electron chi connectivity index (χ3n) is 2.78. The lowest BCUT2D eigenvalue weighted by Gasteiger charge is -1.96. The van der Waals surface area contributed by atoms with Crippen molar-refractivity contribution in [2.24, 2.45) is 17.3 Å². The molecule has 0 aliphatic heterocycles. The molecule has 1 N–H and O–H groups in total. The molecule has 0 bridgehead atoms. The molecule has 3 heteroatoms. The van der Waals surface area contributed by atoms with Crippen molar-refractivity contribution in [2.45, 2.75) is 20.8 Å². The first-order valence-electron chi connectivity index (χ1n) is 4.22. The molecular formula is C10H13NO2. The highest BCUT2D eigenvalue weighted by molar-refractivity contribution is 5.76. The predicted octanol–water partition coefficient (Wildman–Crippen LogP) is 1.81. The van der Waals surface area contributed by atoms with E-state index in [1.165, 1.54) is 0 Å². The summed E-state index contributed by atoms with van der Waals surface area (Å²) in [4.78, 5) is 10.7. The van der Waals surface area contributed by atoms with Gasteiger partial charge in [0, 0.05) is 5.57 Å². The molecule has 1 unspecified atom stereocenters. The minimum absolute atomic E-state index is 0.0182. The summed E-state index contributed by atoms with van der Waals surface area (Å²) in [5, 5.41) is 17.4. The van der Waals surface area contributed by atoms with Gasteiger partial charge in [0.15, 0.2) is 0 Å². The zero-order chi connectivity index (χ0) is 10.2. The van der Waals surface area contributed by atoms with Crippen LogP contribution in [0.5, 0.6) is 0 Å². The number of carbonyl (C=O) groups is 1. The van der Waals surface area contributed by atoms with E-state index in [9.17, 15) is 4.79 Å². The summed E-state index contributed by atoms with van der Waals surface area (Å²) in [6.45, 7) is 5.53. The van der Waals surface area contributed by atoms with Gasteiger partial charge in [-0.05, 0) is 18.3 Å². The zero-order valence-corrected chi connectivity index (χ0v) is 8.03. The van der Waals surface area contributed by atoms with Gasteiger partial charge in [0.25, 0.3) is 0 Å². The van der Waals surface area contributed by atoms with Crippen molar-refractivity contribution in [2.75, 3.05) is 0 Å². The quantitative estimate of drug-likeness (QED) is 0.657. The number of carboxylic acid groups (broad SMARTS) is 1. The second-order valence-electron chi connectivity index (χ2n) is 4.12. The molecule has 0 aromatic heterocycles. The maximum Gasteiger partial charge on any atom is 0.307 e. The van der Waals surface area contributed by atoms with E-state index in [2.05, 4.69) is 0 Å². The number of allylic oxidation sites excluding steroid dienone is 2. The van der Waals surface area contributed by atoms with Gasteiger partial charge in [-0.3, -0.25) is 4.79 Å². The average molecular weight is 179 g/mol. The predicted molar refractivity (Wildman–Crippen MR) is 47.8 cm³/mol. The van der Waals surface area contributed by atoms with E-state index in [0.717, 1.165) is 0 Å². The normalized spacial score (nSPS) is 30.8. The first-order chi connectivity index (χ1) is 5.91. The Bertz CT molecular complexity index is 309. The monoisotopic (exact) mass is 179 g/mol. The topological polar surface area (TPSA) is 61.1 Å². The van der Waals surface area contributed by atoms with Crippen LogP contribution in [0.4, 0.5) is 0 Å². The number of carboxylic acids is 1. The van der Waals surface area contributed by atoms with E-state index in [1.54, 1.807) is 13.0 Å². The van der Waals surface area contributed by atoms with Crippen LogP contribution in [-0.4, -0.2) is 11.1 Å². The summed E-state index contributed by atoms with van der Waals surface area (Å²) < 4.78 is 0. The molecule has 2 atom stereocenters. The van der Waals surface area contributed by atoms with Gasteiger partial charge in [-0.25, -0.2) is 0 Å². The first-order valence-corrected chi connectivity index (χ1v) is 4.22. The third-order valence-corrected chi connectivity index (χ3v) is 2.78. The van der Waals surface area contributed by atoms with Crippen LogP contribution < -0.4 is 0 Å². The minimum Gasteiger partial charge on any atom is -0.481 e. The van der Waals surface area contributed by atoms with Crippen LogP contribution in [0.25, 0.3) is 0 Å². The molecular weight excluding hydrogens is 166 g/mol. The Morgan fingerprint density at radius 3 is 2.46 bits per heavy atom. The van der Waals surface area contributed by atoms with Gasteiger partial charge in [-0.15, -0.1) is 0 Å². The molecule has 0 aromatic carbocycles. The lowest BCUT2D eigenvalue weighted by atomic mass is 10.1. The minimum atomic E-state index is -0.767. The smallest absolute Gasteiger partial charge is 0.307 e. The van der Waals surface area contributed by atoms with Gasteiger partial charge in [0.05, 0.1) is 12.0 Å². The van der Waals surface area contributed by atoms with Crippen molar-refractivity contribution in [1.29, 1.82) is 5.26 Å². The fraction of sp³-hybridized carbons (Fsp3) is 0.600. The van der Waals surface area contributed by atoms with Crippen LogP contribution >= 0.6 is 0 Å². The van der Waals surface area contributed by atoms with Crippen molar-refractivity contribution < 1.29 is 9.90 Å². The van der Waals surface area contributed by atoms with E-state index >= 15 is 0 Å². The van der Waals surface area contributed by atoms with Gasteiger partial charge >= 0.3 is 5.97 Å². The number of hydrogen-bond donors (Lipinski definition) is 1. The Balaban J connectivity index is 2.79. The SMILES string of the molecule is C/C(C#N)=C\C1[C@@H](C(=O)O)C1(C)C. The second kappa shape index (κ2) is 2.88. The molecule has 0 saturated heterocycles. The Labute approximate surface area is 77.7 Å². The van der Waals surface area contributed by atoms with E-state index in [1.807, 2.05) is 19.9 Å². The Morgan fingerprint density at radius 2 is 2.15 bits per heavy atom. The Kier molecular flexibility index (Phi) is 2.17. The van der Waals surface area contributed by atoms with Crippen LogP contribution in [-0.2, 0) is 4.79 Å². The molecule has 0 spiro atoms. The molecule has 1 aliphatic rings. The summed E-state index contributed by atoms with van der Waals surface area (Å²) in [5.74, 6) is -1.07. The highest BCUT2D eigenvalue weighted by Gasteiger charge is 2.60. The average Bonchev–Trinajstić information content (AvgIpc) is 2.53. The van der Waals surface area contributed by atoms with Gasteiger partial charge in [-0.2, -0.15) is 5.26 Å². The zero-order valence-electron chi connectivity index (χ0n) is 8.03. The Hall–Kier alpha value is -1.30. The third kappa shape index (κ3) is 1.57. The van der Waals surface area contributed by atoms with Crippen LogP contribution in [0.1, 0.15) is 20.8 Å². The van der Waals surface area contributed by atoms with Crippen molar-refractivity contribution in [1.82, 2.24) is 0 Å². The van der Waals surface area contributed by atoms with Gasteiger partial charge in [-0.1, -0.05) is 19.9 Å². The first kappa shape index (κ1) is 9.79. The van der Waals surface area contributed by atoms with Crippen molar-refractivity contribution >= 4 is 5.97 Å². The van der Waals surface area contributed by atoms with Gasteiger partial charge in [0.1, 0.15) is 0 Å². The van der Waals surface area contributed by atoms with Crippen molar-refractivity contribution in [3.8, 4) is 6.07 Å². The molecule has 3 nitrogen and oxygen atoms in total. The van der Waals surface area contributed by atoms with E-state index in [4.69, 9.17) is 10.4 Å². The summed E-state index contributed by atoms with van der Waals surface area (Å²) in [7, 11) is 0. The van der Waals surface area contributed by atoms with Crippen LogP contribution in [0, 0.1) is 28.6 Å². The molecule has 1 rings (SSSR count). The standard InChI is InChI=1S/C10H13NO2/c1-6(5-11)4-7-8(9(12)13)10(7,2)3/h4,7-8H,1-3H3,(H,12,13)/b6-4+/t7?,8-/m0/s1. The largest absolute Gasteiger partial charge is 0.481 e. The number of nitrogens with zero attached hydrogens (tertiary/aromatic N) is 1. The number of hydrogen-bond acceptors (Lipinski definition) is 2. The lowest BCUT2D eigenvalue weighted by molar-refractivity contribution is -0.139. The van der Waals surface area contributed by atoms with E-state index in [0.29, 0.717) is 5.57 Å². The van der Waals surface area contributed by atoms with Crippen LogP contribution in [0.15, 0.2) is 11.6 Å². The Morgan fingerprint density at radius 1 is 1.62 bits per heavy atom. The summed E-state index contributed by atoms with van der Waals surface area (Å²) in [6, 6.07) is 2.00. The summed E-state index contributed by atoms with van der Waals surface area (Å²) >= 11 is 0. The van der Waals surface area contributed by atoms with Crippen LogP contribution in [0.2, 0.25) is 0 Å². The maximum absolute atomic E-state index is 10.7. The molecule has 0 amide bonds. The van der Waals surface area contributed by atoms with Gasteiger partial charge < -0.3 is 5.11 Å². The highest BCUT2D eigenvalue weighted by Crippen LogP contribution is 2.59. The highest BCUT2D eigenvalue weighted by atomic mass is 16.4. The number of rotatable bonds is 2. The van der Waals surface area contributed by atoms with Crippen molar-refractivity contribution in [3.05, 3.63) is 11.6 Å². The molecule has 0 radical (unpaired) electrons. The van der Waals surface area contributed by atoms with E-state index < -0.39 is 5.97 Å². The summed E-state index contributed by atoms with van der Waals surface area (Å²) in [5.41, 5.74) is 0.408. The molecule has 1 saturated carbocycles. The molecule has 0 aromatic rings. The molecule has 1 aliphatic carbocycles. The number of nitriles is 1. The van der Waals surface area contributed by atoms with Crippen molar-refractivity contribution in [3.63, 3.8) is 0 Å². The lowest BCUT2D eigenvalue weighted by Crippen LogP contribution is -2.03. The van der Waals surface area contributed by atoms with Gasteiger partial charge in [0.2, 0.25) is 0 Å². The van der Waals surface area contributed by atoms with E-state index in [-0.39, 0.29) is 17.3 Å². The molecule has 1 fully saturated rings. The maximum atomic E-state index is 10.7. The molecule has 0 heterocycles. The fourth-order valence-corrected chi connectivity index (χ4v) is 1.77.